The van der Waals surface area contributed by atoms with Crippen LogP contribution in [0.4, 0.5) is 0 Å². The SMILES string of the molecule is CCCC(=O)OC[C@H]1O[C@@H](n2cnc(C(N)=O)n2)[C@@H](O)[C@@H]1O. The molecule has 1 saturated heterocycles. The summed E-state index contributed by atoms with van der Waals surface area (Å²) in [5.74, 6) is -1.46. The van der Waals surface area contributed by atoms with Crippen LogP contribution in [-0.4, -0.2) is 61.8 Å². The van der Waals surface area contributed by atoms with E-state index in [0.29, 0.717) is 6.42 Å². The highest BCUT2D eigenvalue weighted by atomic mass is 16.6. The predicted octanol–water partition coefficient (Wildman–Crippen LogP) is -1.66. The number of primary amides is 1. The lowest BCUT2D eigenvalue weighted by Crippen LogP contribution is -2.34. The number of hydrogen-bond acceptors (Lipinski definition) is 8. The highest BCUT2D eigenvalue weighted by molar-refractivity contribution is 5.88. The minimum absolute atomic E-state index is 0.190. The average Bonchev–Trinajstić information content (AvgIpc) is 3.05. The number of rotatable bonds is 6. The second-order valence-corrected chi connectivity index (χ2v) is 4.89. The van der Waals surface area contributed by atoms with Gasteiger partial charge in [-0.1, -0.05) is 6.92 Å². The molecule has 10 heteroatoms. The van der Waals surface area contributed by atoms with Crippen LogP contribution < -0.4 is 5.73 Å². The van der Waals surface area contributed by atoms with Gasteiger partial charge in [0.15, 0.2) is 6.23 Å². The molecular formula is C12H18N4O6. The summed E-state index contributed by atoms with van der Waals surface area (Å²) in [5, 5.41) is 23.7. The first-order chi connectivity index (χ1) is 10.4. The molecule has 122 valence electrons. The van der Waals surface area contributed by atoms with Gasteiger partial charge in [-0.3, -0.25) is 9.59 Å². The van der Waals surface area contributed by atoms with E-state index in [-0.39, 0.29) is 18.9 Å². The van der Waals surface area contributed by atoms with Crippen molar-refractivity contribution in [2.45, 2.75) is 44.3 Å². The van der Waals surface area contributed by atoms with E-state index >= 15 is 0 Å². The van der Waals surface area contributed by atoms with Crippen LogP contribution in [0.5, 0.6) is 0 Å². The molecule has 10 nitrogen and oxygen atoms in total. The second kappa shape index (κ2) is 6.81. The summed E-state index contributed by atoms with van der Waals surface area (Å²) in [6.07, 6.45) is -2.45. The van der Waals surface area contributed by atoms with Gasteiger partial charge in [-0.15, -0.1) is 5.10 Å². The molecule has 2 heterocycles. The molecule has 4 atom stereocenters. The zero-order valence-corrected chi connectivity index (χ0v) is 12.0. The first-order valence-electron chi connectivity index (χ1n) is 6.82. The predicted molar refractivity (Wildman–Crippen MR) is 70.3 cm³/mol. The molecule has 0 unspecified atom stereocenters. The summed E-state index contributed by atoms with van der Waals surface area (Å²) < 4.78 is 11.5. The van der Waals surface area contributed by atoms with E-state index in [2.05, 4.69) is 10.1 Å². The second-order valence-electron chi connectivity index (χ2n) is 4.89. The van der Waals surface area contributed by atoms with Gasteiger partial charge in [-0.25, -0.2) is 9.67 Å². The number of aliphatic hydroxyl groups is 2. The van der Waals surface area contributed by atoms with Crippen molar-refractivity contribution in [1.82, 2.24) is 14.8 Å². The lowest BCUT2D eigenvalue weighted by Gasteiger charge is -2.14. The van der Waals surface area contributed by atoms with Crippen LogP contribution in [0.2, 0.25) is 0 Å². The van der Waals surface area contributed by atoms with Crippen LogP contribution in [0.3, 0.4) is 0 Å². The number of carbonyl (C=O) groups excluding carboxylic acids is 2. The molecule has 0 radical (unpaired) electrons. The standard InChI is InChI=1S/C12H18N4O6/c1-2-3-7(17)21-4-6-8(18)9(19)12(22-6)16-5-14-11(15-16)10(13)20/h5-6,8-9,12,18-19H,2-4H2,1H3,(H2,13,20)/t6-,8-,9+,12-/m1/s1. The summed E-state index contributed by atoms with van der Waals surface area (Å²) >= 11 is 0. The third-order valence-corrected chi connectivity index (χ3v) is 3.19. The first-order valence-corrected chi connectivity index (χ1v) is 6.82. The summed E-state index contributed by atoms with van der Waals surface area (Å²) in [5.41, 5.74) is 5.04. The molecule has 1 aliphatic heterocycles. The number of carbonyl (C=O) groups is 2. The molecule has 0 spiro atoms. The fourth-order valence-corrected chi connectivity index (χ4v) is 2.05. The number of aliphatic hydroxyl groups excluding tert-OH is 2. The van der Waals surface area contributed by atoms with Crippen LogP contribution in [-0.2, 0) is 14.3 Å². The molecule has 1 amide bonds. The number of nitrogens with zero attached hydrogens (tertiary/aromatic N) is 3. The highest BCUT2D eigenvalue weighted by Gasteiger charge is 2.44. The number of ether oxygens (including phenoxy) is 2. The summed E-state index contributed by atoms with van der Waals surface area (Å²) in [6, 6.07) is 0. The molecule has 0 bridgehead atoms. The Balaban J connectivity index is 1.99. The van der Waals surface area contributed by atoms with E-state index in [4.69, 9.17) is 15.2 Å². The van der Waals surface area contributed by atoms with Crippen molar-refractivity contribution in [3.05, 3.63) is 12.2 Å². The quantitative estimate of drug-likeness (QED) is 0.528. The third kappa shape index (κ3) is 3.40. The molecular weight excluding hydrogens is 296 g/mol. The minimum Gasteiger partial charge on any atom is -0.463 e. The number of hydrogen-bond donors (Lipinski definition) is 3. The number of amides is 1. The van der Waals surface area contributed by atoms with Gasteiger partial charge >= 0.3 is 5.97 Å². The van der Waals surface area contributed by atoms with Crippen molar-refractivity contribution in [2.75, 3.05) is 6.61 Å². The average molecular weight is 314 g/mol. The molecule has 1 fully saturated rings. The maximum atomic E-state index is 11.3. The Labute approximate surface area is 125 Å². The van der Waals surface area contributed by atoms with Crippen LogP contribution in [0.1, 0.15) is 36.6 Å². The Hall–Kier alpha value is -2.04. The lowest BCUT2D eigenvalue weighted by atomic mass is 10.1. The lowest BCUT2D eigenvalue weighted by molar-refractivity contribution is -0.150. The first kappa shape index (κ1) is 16.3. The normalized spacial score (nSPS) is 27.8. The van der Waals surface area contributed by atoms with Gasteiger partial charge in [-0.2, -0.15) is 0 Å². The van der Waals surface area contributed by atoms with Gasteiger partial charge < -0.3 is 25.4 Å². The Bertz CT molecular complexity index is 547. The molecule has 0 saturated carbocycles. The van der Waals surface area contributed by atoms with E-state index < -0.39 is 36.4 Å². The number of esters is 1. The number of nitrogens with two attached hydrogens (primary N) is 1. The Morgan fingerprint density at radius 3 is 2.77 bits per heavy atom. The fourth-order valence-electron chi connectivity index (χ4n) is 2.05. The van der Waals surface area contributed by atoms with E-state index in [9.17, 15) is 19.8 Å². The van der Waals surface area contributed by atoms with Crippen molar-refractivity contribution in [3.63, 3.8) is 0 Å². The third-order valence-electron chi connectivity index (χ3n) is 3.19. The summed E-state index contributed by atoms with van der Waals surface area (Å²) in [4.78, 5) is 25.9. The van der Waals surface area contributed by atoms with Crippen molar-refractivity contribution in [1.29, 1.82) is 0 Å². The van der Waals surface area contributed by atoms with E-state index in [1.807, 2.05) is 6.92 Å². The van der Waals surface area contributed by atoms with Gasteiger partial charge in [0.05, 0.1) is 0 Å². The van der Waals surface area contributed by atoms with Crippen LogP contribution in [0.15, 0.2) is 6.33 Å². The smallest absolute Gasteiger partial charge is 0.305 e. The van der Waals surface area contributed by atoms with Crippen molar-refractivity contribution < 1.29 is 29.3 Å². The zero-order chi connectivity index (χ0) is 16.3. The molecule has 0 aromatic carbocycles. The fraction of sp³-hybridized carbons (Fsp3) is 0.667. The molecule has 22 heavy (non-hydrogen) atoms. The van der Waals surface area contributed by atoms with E-state index in [1.165, 1.54) is 0 Å². The molecule has 1 aromatic heterocycles. The maximum absolute atomic E-state index is 11.3. The molecule has 1 aromatic rings. The zero-order valence-electron chi connectivity index (χ0n) is 12.0. The molecule has 0 aliphatic carbocycles. The largest absolute Gasteiger partial charge is 0.463 e. The van der Waals surface area contributed by atoms with Gasteiger partial charge in [0, 0.05) is 6.42 Å². The Morgan fingerprint density at radius 2 is 2.18 bits per heavy atom. The minimum atomic E-state index is -1.31. The van der Waals surface area contributed by atoms with Crippen molar-refractivity contribution >= 4 is 11.9 Å². The summed E-state index contributed by atoms with van der Waals surface area (Å²) in [6.45, 7) is 1.65. The van der Waals surface area contributed by atoms with Gasteiger partial charge in [0.1, 0.15) is 31.2 Å². The summed E-state index contributed by atoms with van der Waals surface area (Å²) in [7, 11) is 0. The molecule has 2 rings (SSSR count). The van der Waals surface area contributed by atoms with Crippen LogP contribution >= 0.6 is 0 Å². The van der Waals surface area contributed by atoms with Crippen molar-refractivity contribution in [3.8, 4) is 0 Å². The highest BCUT2D eigenvalue weighted by Crippen LogP contribution is 2.28. The van der Waals surface area contributed by atoms with Gasteiger partial charge in [-0.05, 0) is 6.42 Å². The molecule has 1 aliphatic rings. The van der Waals surface area contributed by atoms with E-state index in [1.54, 1.807) is 0 Å². The van der Waals surface area contributed by atoms with E-state index in [0.717, 1.165) is 11.0 Å². The van der Waals surface area contributed by atoms with Gasteiger partial charge in [0.2, 0.25) is 5.82 Å². The number of aromatic nitrogens is 3. The topological polar surface area (TPSA) is 150 Å². The van der Waals surface area contributed by atoms with Crippen molar-refractivity contribution in [2.24, 2.45) is 5.73 Å². The maximum Gasteiger partial charge on any atom is 0.305 e. The van der Waals surface area contributed by atoms with Crippen LogP contribution in [0.25, 0.3) is 0 Å². The van der Waals surface area contributed by atoms with Gasteiger partial charge in [0.25, 0.3) is 5.91 Å². The monoisotopic (exact) mass is 314 g/mol. The Morgan fingerprint density at radius 1 is 1.45 bits per heavy atom. The Kier molecular flexibility index (Phi) is 5.06. The molecule has 4 N–H and O–H groups in total. The van der Waals surface area contributed by atoms with Crippen LogP contribution in [0, 0.1) is 0 Å².